The first-order chi connectivity index (χ1) is 27.6. The predicted molar refractivity (Wildman–Crippen MR) is 219 cm³/mol. The fourth-order valence-electron chi connectivity index (χ4n) is 7.39. The van der Waals surface area contributed by atoms with Crippen molar-refractivity contribution in [3.8, 4) is 57.1 Å². The molecule has 276 valence electrons. The van der Waals surface area contributed by atoms with Crippen LogP contribution in [0.3, 0.4) is 0 Å². The zero-order chi connectivity index (χ0) is 37.8. The van der Waals surface area contributed by atoms with Crippen molar-refractivity contribution in [2.45, 2.75) is 5.92 Å². The third-order valence-electron chi connectivity index (χ3n) is 10.0. The molecule has 0 aliphatic carbocycles. The first kappa shape index (κ1) is 34.6. The van der Waals surface area contributed by atoms with Crippen LogP contribution in [0.1, 0.15) is 22.6 Å². The molecule has 8 aromatic rings. The summed E-state index contributed by atoms with van der Waals surface area (Å²) in [6.07, 6.45) is 0. The second-order valence-corrected chi connectivity index (χ2v) is 13.6. The summed E-state index contributed by atoms with van der Waals surface area (Å²) < 4.78 is 30.6. The third kappa shape index (κ3) is 7.22. The van der Waals surface area contributed by atoms with Gasteiger partial charge in [-0.05, 0) is 123 Å². The van der Waals surface area contributed by atoms with E-state index in [-0.39, 0.29) is 17.4 Å². The molecular formula is C49H38O7. The predicted octanol–water partition coefficient (Wildman–Crippen LogP) is 11.3. The van der Waals surface area contributed by atoms with Crippen molar-refractivity contribution in [3.63, 3.8) is 0 Å². The average molecular weight is 739 g/mol. The summed E-state index contributed by atoms with van der Waals surface area (Å²) in [5.41, 5.74) is 5.69. The van der Waals surface area contributed by atoms with E-state index in [0.29, 0.717) is 37.9 Å². The summed E-state index contributed by atoms with van der Waals surface area (Å²) in [4.78, 5) is 0. The molecule has 0 atom stereocenters. The van der Waals surface area contributed by atoms with Crippen LogP contribution < -0.4 is 23.7 Å². The van der Waals surface area contributed by atoms with E-state index in [0.717, 1.165) is 66.8 Å². The lowest BCUT2D eigenvalue weighted by Gasteiger charge is -2.31. The molecule has 0 amide bonds. The highest BCUT2D eigenvalue weighted by molar-refractivity contribution is 5.96. The van der Waals surface area contributed by atoms with E-state index in [9.17, 15) is 10.2 Å². The quantitative estimate of drug-likeness (QED) is 0.121. The van der Waals surface area contributed by atoms with Gasteiger partial charge < -0.3 is 33.9 Å². The number of ether oxygens (including phenoxy) is 5. The van der Waals surface area contributed by atoms with Gasteiger partial charge in [0, 0.05) is 17.0 Å². The number of benzene rings is 8. The maximum atomic E-state index is 9.54. The molecule has 0 saturated carbocycles. The summed E-state index contributed by atoms with van der Waals surface area (Å²) in [6, 6.07) is 53.3. The summed E-state index contributed by atoms with van der Waals surface area (Å²) in [5.74, 6) is 4.77. The van der Waals surface area contributed by atoms with Gasteiger partial charge in [-0.3, -0.25) is 0 Å². The third-order valence-corrected chi connectivity index (χ3v) is 10.0. The average Bonchev–Trinajstić information content (AvgIpc) is 3.24. The zero-order valence-electron chi connectivity index (χ0n) is 30.4. The molecule has 2 N–H and O–H groups in total. The first-order valence-electron chi connectivity index (χ1n) is 18.6. The van der Waals surface area contributed by atoms with E-state index >= 15 is 0 Å². The van der Waals surface area contributed by atoms with Crippen molar-refractivity contribution in [3.05, 3.63) is 180 Å². The highest BCUT2D eigenvalue weighted by Gasteiger charge is 2.32. The molecule has 1 aliphatic heterocycles. The molecule has 0 aromatic heterocycles. The van der Waals surface area contributed by atoms with Crippen LogP contribution in [0.25, 0.3) is 32.7 Å². The molecular weight excluding hydrogens is 701 g/mol. The van der Waals surface area contributed by atoms with Crippen molar-refractivity contribution >= 4 is 21.5 Å². The molecule has 1 heterocycles. The Morgan fingerprint density at radius 2 is 0.839 bits per heavy atom. The Kier molecular flexibility index (Phi) is 9.47. The highest BCUT2D eigenvalue weighted by Crippen LogP contribution is 2.52. The number of fused-ring (bicyclic) bond motifs is 6. The van der Waals surface area contributed by atoms with E-state index in [1.54, 1.807) is 48.5 Å². The van der Waals surface area contributed by atoms with Gasteiger partial charge in [-0.2, -0.15) is 0 Å². The minimum Gasteiger partial charge on any atom is -0.508 e. The van der Waals surface area contributed by atoms with E-state index < -0.39 is 0 Å². The standard InChI is InChI=1S/C49H38O7/c50-37-12-16-39(17-13-37)52-26-28-54-41-20-22-43-35(30-41)10-24-45-48(43)47(34-8-6-33(7-9-34)32-4-2-1-3-5-32)49-44-23-21-42(31-36(44)11-25-46(49)56-45)55-29-27-53-40-18-14-38(51)15-19-40/h1-25,30-31,47,50-51H,26-29H2. The maximum absolute atomic E-state index is 9.54. The lowest BCUT2D eigenvalue weighted by atomic mass is 9.78. The van der Waals surface area contributed by atoms with E-state index in [1.807, 2.05) is 18.2 Å². The monoisotopic (exact) mass is 738 g/mol. The molecule has 0 fully saturated rings. The number of hydrogen-bond acceptors (Lipinski definition) is 7. The molecule has 0 bridgehead atoms. The van der Waals surface area contributed by atoms with Gasteiger partial charge in [0.25, 0.3) is 0 Å². The fourth-order valence-corrected chi connectivity index (χ4v) is 7.39. The van der Waals surface area contributed by atoms with Gasteiger partial charge in [0.05, 0.1) is 0 Å². The number of phenols is 2. The Morgan fingerprint density at radius 3 is 1.32 bits per heavy atom. The van der Waals surface area contributed by atoms with Crippen LogP contribution in [0.15, 0.2) is 164 Å². The molecule has 0 spiro atoms. The van der Waals surface area contributed by atoms with Crippen molar-refractivity contribution in [2.75, 3.05) is 26.4 Å². The summed E-state index contributed by atoms with van der Waals surface area (Å²) in [7, 11) is 0. The number of aromatic hydroxyl groups is 2. The minimum absolute atomic E-state index is 0.123. The van der Waals surface area contributed by atoms with Crippen LogP contribution in [-0.2, 0) is 0 Å². The smallest absolute Gasteiger partial charge is 0.132 e. The van der Waals surface area contributed by atoms with Gasteiger partial charge in [0.2, 0.25) is 0 Å². The van der Waals surface area contributed by atoms with Gasteiger partial charge in [0.1, 0.15) is 72.4 Å². The molecule has 1 aliphatic rings. The molecule has 0 radical (unpaired) electrons. The summed E-state index contributed by atoms with van der Waals surface area (Å²) in [6.45, 7) is 1.47. The van der Waals surface area contributed by atoms with E-state index in [2.05, 4.69) is 97.1 Å². The van der Waals surface area contributed by atoms with Crippen LogP contribution in [-0.4, -0.2) is 36.6 Å². The second-order valence-electron chi connectivity index (χ2n) is 13.6. The summed E-state index contributed by atoms with van der Waals surface area (Å²) >= 11 is 0. The Labute approximate surface area is 324 Å². The fraction of sp³-hybridized carbons (Fsp3) is 0.102. The lowest BCUT2D eigenvalue weighted by molar-refractivity contribution is 0.217. The van der Waals surface area contributed by atoms with Gasteiger partial charge in [-0.1, -0.05) is 78.9 Å². The van der Waals surface area contributed by atoms with Crippen LogP contribution in [0.2, 0.25) is 0 Å². The van der Waals surface area contributed by atoms with Crippen molar-refractivity contribution < 1.29 is 33.9 Å². The van der Waals surface area contributed by atoms with Crippen LogP contribution >= 0.6 is 0 Å². The van der Waals surface area contributed by atoms with Crippen LogP contribution in [0.4, 0.5) is 0 Å². The van der Waals surface area contributed by atoms with E-state index in [1.165, 1.54) is 5.56 Å². The first-order valence-corrected chi connectivity index (χ1v) is 18.6. The molecule has 0 unspecified atom stereocenters. The number of phenolic OH excluding ortho intramolecular Hbond substituents is 2. The van der Waals surface area contributed by atoms with Gasteiger partial charge in [-0.15, -0.1) is 0 Å². The highest BCUT2D eigenvalue weighted by atomic mass is 16.5. The Bertz CT molecular complexity index is 2480. The maximum Gasteiger partial charge on any atom is 0.132 e. The molecule has 8 aromatic carbocycles. The topological polar surface area (TPSA) is 86.6 Å². The van der Waals surface area contributed by atoms with Gasteiger partial charge >= 0.3 is 0 Å². The molecule has 0 saturated heterocycles. The van der Waals surface area contributed by atoms with Crippen LogP contribution in [0.5, 0.6) is 46.0 Å². The lowest BCUT2D eigenvalue weighted by Crippen LogP contribution is -2.13. The van der Waals surface area contributed by atoms with Crippen molar-refractivity contribution in [1.29, 1.82) is 0 Å². The van der Waals surface area contributed by atoms with Gasteiger partial charge in [-0.25, -0.2) is 0 Å². The van der Waals surface area contributed by atoms with Crippen LogP contribution in [0, 0.1) is 0 Å². The van der Waals surface area contributed by atoms with E-state index in [4.69, 9.17) is 23.7 Å². The summed E-state index contributed by atoms with van der Waals surface area (Å²) in [5, 5.41) is 23.4. The largest absolute Gasteiger partial charge is 0.508 e. The zero-order valence-corrected chi connectivity index (χ0v) is 30.4. The van der Waals surface area contributed by atoms with Crippen molar-refractivity contribution in [2.24, 2.45) is 0 Å². The van der Waals surface area contributed by atoms with Crippen molar-refractivity contribution in [1.82, 2.24) is 0 Å². The number of hydrogen-bond donors (Lipinski definition) is 2. The molecule has 7 nitrogen and oxygen atoms in total. The van der Waals surface area contributed by atoms with Gasteiger partial charge in [0.15, 0.2) is 0 Å². The second kappa shape index (κ2) is 15.3. The molecule has 7 heteroatoms. The Hall–Kier alpha value is -7.12. The normalized spacial score (nSPS) is 12.1. The number of rotatable bonds is 12. The SMILES string of the molecule is Oc1ccc(OCCOc2ccc3c4c(ccc3c2)Oc2ccc3cc(OCCOc5ccc(O)cc5)ccc3c2C4c2ccc(-c3ccccc3)cc2)cc1. The molecule has 9 rings (SSSR count). The molecule has 56 heavy (non-hydrogen) atoms. The Balaban J connectivity index is 1.03. The minimum atomic E-state index is -0.123. The Morgan fingerprint density at radius 1 is 0.411 bits per heavy atom.